The minimum atomic E-state index is -5.93. The molecule has 36 heavy (non-hydrogen) atoms. The number of alkyl halides is 7. The fraction of sp³-hybridized carbons (Fsp3) is 0.333. The molecule has 2 amide bonds. The second-order valence-corrected chi connectivity index (χ2v) is 9.57. The van der Waals surface area contributed by atoms with Crippen LogP contribution in [0, 0.1) is 17.6 Å². The van der Waals surface area contributed by atoms with Gasteiger partial charge < -0.3 is 15.4 Å². The Hall–Kier alpha value is -2.44. The summed E-state index contributed by atoms with van der Waals surface area (Å²) in [6, 6.07) is 5.09. The first-order valence-corrected chi connectivity index (χ1v) is 10.9. The number of hydrogen-bond acceptors (Lipinski definition) is 3. The van der Waals surface area contributed by atoms with Gasteiger partial charge in [0.2, 0.25) is 5.91 Å². The lowest BCUT2D eigenvalue weighted by molar-refractivity contribution is -0.278. The first-order chi connectivity index (χ1) is 16.5. The minimum Gasteiger partial charge on any atom is -0.493 e. The van der Waals surface area contributed by atoms with E-state index in [0.717, 1.165) is 19.2 Å². The fourth-order valence-corrected chi connectivity index (χ4v) is 4.44. The molecular formula is C21H14Cl3F7N2O3. The smallest absolute Gasteiger partial charge is 0.455 e. The number of rotatable bonds is 7. The first-order valence-electron chi connectivity index (χ1n) is 9.75. The molecule has 1 saturated carbocycles. The van der Waals surface area contributed by atoms with E-state index in [1.54, 1.807) is 0 Å². The lowest BCUT2D eigenvalue weighted by atomic mass is 10.1. The van der Waals surface area contributed by atoms with Crippen LogP contribution in [0.15, 0.2) is 30.3 Å². The first kappa shape index (κ1) is 28.1. The van der Waals surface area contributed by atoms with Crippen molar-refractivity contribution in [2.45, 2.75) is 22.4 Å². The summed E-state index contributed by atoms with van der Waals surface area (Å²) in [6.45, 7) is -2.12. The van der Waals surface area contributed by atoms with Crippen LogP contribution in [0.4, 0.5) is 36.4 Å². The number of benzene rings is 2. The Bertz CT molecular complexity index is 1210. The maximum absolute atomic E-state index is 14.5. The molecule has 0 bridgehead atoms. The summed E-state index contributed by atoms with van der Waals surface area (Å²) in [4.78, 5) is 25.1. The monoisotopic (exact) mass is 580 g/mol. The number of amides is 2. The second-order valence-electron chi connectivity index (χ2n) is 7.72. The number of nitrogens with one attached hydrogen (secondary N) is 2. The average molecular weight is 582 g/mol. The van der Waals surface area contributed by atoms with E-state index < -0.39 is 69.6 Å². The molecule has 15 heteroatoms. The Balaban J connectivity index is 1.82. The summed E-state index contributed by atoms with van der Waals surface area (Å²) >= 11 is 18.1. The van der Waals surface area contributed by atoms with E-state index in [4.69, 9.17) is 39.5 Å². The lowest BCUT2D eigenvalue weighted by Gasteiger charge is -2.20. The molecule has 196 valence electrons. The molecule has 0 aromatic heterocycles. The molecule has 3 rings (SSSR count). The van der Waals surface area contributed by atoms with Gasteiger partial charge in [-0.1, -0.05) is 17.7 Å². The topological polar surface area (TPSA) is 67.4 Å². The van der Waals surface area contributed by atoms with E-state index in [9.17, 15) is 40.3 Å². The van der Waals surface area contributed by atoms with Gasteiger partial charge in [-0.25, -0.2) is 8.78 Å². The summed E-state index contributed by atoms with van der Waals surface area (Å²) in [5.41, 5.74) is -0.817. The van der Waals surface area contributed by atoms with Crippen molar-refractivity contribution in [1.82, 2.24) is 5.32 Å². The molecule has 2 N–H and O–H groups in total. The number of ether oxygens (including phenoxy) is 1. The average Bonchev–Trinajstić information content (AvgIpc) is 3.34. The van der Waals surface area contributed by atoms with Crippen LogP contribution in [0.3, 0.4) is 0 Å². The van der Waals surface area contributed by atoms with Gasteiger partial charge in [-0.3, -0.25) is 9.59 Å². The molecule has 0 aliphatic heterocycles. The van der Waals surface area contributed by atoms with Crippen LogP contribution in [0.25, 0.3) is 0 Å². The van der Waals surface area contributed by atoms with E-state index in [2.05, 4.69) is 5.32 Å². The molecule has 1 aliphatic carbocycles. The highest BCUT2D eigenvalue weighted by Crippen LogP contribution is 2.65. The largest absolute Gasteiger partial charge is 0.493 e. The van der Waals surface area contributed by atoms with Crippen LogP contribution >= 0.6 is 34.8 Å². The van der Waals surface area contributed by atoms with Crippen molar-refractivity contribution < 1.29 is 45.1 Å². The zero-order chi connectivity index (χ0) is 27.2. The zero-order valence-electron chi connectivity index (χ0n) is 17.8. The van der Waals surface area contributed by atoms with E-state index >= 15 is 0 Å². The summed E-state index contributed by atoms with van der Waals surface area (Å²) < 4.78 is 94.4. The third-order valence-corrected chi connectivity index (χ3v) is 6.51. The molecule has 0 radical (unpaired) electrons. The number of methoxy groups -OCH3 is 1. The molecule has 0 spiro atoms. The predicted octanol–water partition coefficient (Wildman–Crippen LogP) is 6.08. The standard InChI is InChI=1S/C21H14Cl3F7N2O3/c1-36-16-10(17(34)32-7-19(27,28)21(29,30)31)5-9(6-13(16)26)33-18(35)15-14(20(15,23)24)8-2-3-12(25)11(22)4-8/h2-6,14-15H,7H2,1H3,(H,32,34)(H,33,35). The maximum atomic E-state index is 14.5. The SMILES string of the molecule is COc1c(F)cc(NC(=O)C2C(c3ccc(F)c(Cl)c3)C2(Cl)Cl)cc1C(=O)NCC(F)(F)C(F)(F)F. The zero-order valence-corrected chi connectivity index (χ0v) is 20.0. The van der Waals surface area contributed by atoms with Gasteiger partial charge in [0.25, 0.3) is 5.91 Å². The van der Waals surface area contributed by atoms with Crippen molar-refractivity contribution in [2.75, 3.05) is 19.0 Å². The summed E-state index contributed by atoms with van der Waals surface area (Å²) in [6.07, 6.45) is -5.93. The van der Waals surface area contributed by atoms with E-state index in [1.807, 2.05) is 0 Å². The highest BCUT2D eigenvalue weighted by molar-refractivity contribution is 6.53. The second kappa shape index (κ2) is 9.79. The molecule has 2 aromatic carbocycles. The molecule has 5 nitrogen and oxygen atoms in total. The Kier molecular flexibility index (Phi) is 7.65. The molecule has 1 fully saturated rings. The van der Waals surface area contributed by atoms with Gasteiger partial charge in [0.1, 0.15) is 10.2 Å². The molecule has 2 aromatic rings. The van der Waals surface area contributed by atoms with Gasteiger partial charge in [-0.05, 0) is 23.8 Å². The summed E-state index contributed by atoms with van der Waals surface area (Å²) in [7, 11) is 0.926. The van der Waals surface area contributed by atoms with Gasteiger partial charge in [-0.2, -0.15) is 22.0 Å². The van der Waals surface area contributed by atoms with Gasteiger partial charge in [0.05, 0.1) is 30.2 Å². The van der Waals surface area contributed by atoms with Crippen LogP contribution in [0.1, 0.15) is 21.8 Å². The van der Waals surface area contributed by atoms with Crippen molar-refractivity contribution in [3.63, 3.8) is 0 Å². The maximum Gasteiger partial charge on any atom is 0.455 e. The number of carbonyl (C=O) groups is 2. The normalized spacial score (nSPS) is 19.0. The van der Waals surface area contributed by atoms with Crippen LogP contribution in [-0.2, 0) is 4.79 Å². The Labute approximate surface area is 213 Å². The van der Waals surface area contributed by atoms with Crippen LogP contribution in [-0.4, -0.2) is 41.9 Å². The summed E-state index contributed by atoms with van der Waals surface area (Å²) in [5.74, 6) is -12.3. The fourth-order valence-electron chi connectivity index (χ4n) is 3.42. The van der Waals surface area contributed by atoms with Gasteiger partial charge in [0, 0.05) is 17.7 Å². The quantitative estimate of drug-likeness (QED) is 0.308. The number of hydrogen-bond donors (Lipinski definition) is 2. The van der Waals surface area contributed by atoms with Crippen molar-refractivity contribution in [2.24, 2.45) is 5.92 Å². The highest BCUT2D eigenvalue weighted by atomic mass is 35.5. The third kappa shape index (κ3) is 5.45. The molecule has 2 atom stereocenters. The molecular weight excluding hydrogens is 568 g/mol. The summed E-state index contributed by atoms with van der Waals surface area (Å²) in [5, 5.41) is 3.37. The highest BCUT2D eigenvalue weighted by Gasteiger charge is 2.67. The van der Waals surface area contributed by atoms with Crippen LogP contribution in [0.5, 0.6) is 5.75 Å². The Morgan fingerprint density at radius 1 is 1.06 bits per heavy atom. The number of anilines is 1. The molecule has 1 aliphatic rings. The van der Waals surface area contributed by atoms with Gasteiger partial charge in [-0.15, -0.1) is 23.2 Å². The Morgan fingerprint density at radius 3 is 2.25 bits per heavy atom. The van der Waals surface area contributed by atoms with Crippen molar-refractivity contribution in [3.05, 3.63) is 58.1 Å². The molecule has 0 heterocycles. The van der Waals surface area contributed by atoms with Crippen LogP contribution in [0.2, 0.25) is 5.02 Å². The number of halogens is 10. The van der Waals surface area contributed by atoms with Crippen molar-refractivity contribution in [1.29, 1.82) is 0 Å². The van der Waals surface area contributed by atoms with Gasteiger partial charge in [0.15, 0.2) is 11.6 Å². The molecule has 0 saturated heterocycles. The van der Waals surface area contributed by atoms with E-state index in [0.29, 0.717) is 11.6 Å². The van der Waals surface area contributed by atoms with E-state index in [-0.39, 0.29) is 10.7 Å². The Morgan fingerprint density at radius 2 is 1.69 bits per heavy atom. The van der Waals surface area contributed by atoms with Crippen molar-refractivity contribution in [3.8, 4) is 5.75 Å². The molecule has 2 unspecified atom stereocenters. The predicted molar refractivity (Wildman–Crippen MR) is 117 cm³/mol. The third-order valence-electron chi connectivity index (χ3n) is 5.28. The van der Waals surface area contributed by atoms with E-state index in [1.165, 1.54) is 17.4 Å². The van der Waals surface area contributed by atoms with Gasteiger partial charge >= 0.3 is 12.1 Å². The lowest BCUT2D eigenvalue weighted by Crippen LogP contribution is -2.46. The van der Waals surface area contributed by atoms with Crippen LogP contribution < -0.4 is 15.4 Å². The number of carbonyl (C=O) groups excluding carboxylic acids is 2. The van der Waals surface area contributed by atoms with Crippen molar-refractivity contribution >= 4 is 52.3 Å². The minimum absolute atomic E-state index is 0.244.